The average molecular weight is 342 g/mol. The summed E-state index contributed by atoms with van der Waals surface area (Å²) in [6, 6.07) is 11.9. The Balaban J connectivity index is 2.53. The minimum Gasteiger partial charge on any atom is -0.497 e. The van der Waals surface area contributed by atoms with Crippen molar-refractivity contribution < 1.29 is 14.2 Å². The Labute approximate surface area is 151 Å². The first kappa shape index (κ1) is 19.2. The SMILES string of the molecule is COc1ccc(Oc2ccc(OC)cc2C(C)(C)C)c(C(C)(C)C)c1. The molecule has 0 amide bonds. The van der Waals surface area contributed by atoms with E-state index in [-0.39, 0.29) is 10.8 Å². The van der Waals surface area contributed by atoms with E-state index < -0.39 is 0 Å². The van der Waals surface area contributed by atoms with Crippen LogP contribution in [0, 0.1) is 0 Å². The zero-order chi connectivity index (χ0) is 18.8. The molecule has 0 fully saturated rings. The Morgan fingerprint density at radius 1 is 0.600 bits per heavy atom. The van der Waals surface area contributed by atoms with E-state index in [9.17, 15) is 0 Å². The second-order valence-corrected chi connectivity index (χ2v) is 8.33. The summed E-state index contributed by atoms with van der Waals surface area (Å²) in [5.41, 5.74) is 2.11. The van der Waals surface area contributed by atoms with Gasteiger partial charge in [-0.05, 0) is 47.2 Å². The molecule has 0 atom stereocenters. The third kappa shape index (κ3) is 4.47. The summed E-state index contributed by atoms with van der Waals surface area (Å²) in [4.78, 5) is 0. The lowest BCUT2D eigenvalue weighted by Crippen LogP contribution is -2.15. The maximum absolute atomic E-state index is 6.38. The predicted molar refractivity (Wildman–Crippen MR) is 103 cm³/mol. The summed E-state index contributed by atoms with van der Waals surface area (Å²) in [5, 5.41) is 0. The zero-order valence-corrected chi connectivity index (χ0v) is 16.7. The molecule has 0 N–H and O–H groups in total. The Morgan fingerprint density at radius 2 is 0.960 bits per heavy atom. The molecule has 0 heterocycles. The van der Waals surface area contributed by atoms with Gasteiger partial charge in [0.2, 0.25) is 0 Å². The molecular formula is C22H30O3. The highest BCUT2D eigenvalue weighted by molar-refractivity contribution is 5.50. The van der Waals surface area contributed by atoms with Gasteiger partial charge in [-0.2, -0.15) is 0 Å². The van der Waals surface area contributed by atoms with Gasteiger partial charge in [0.1, 0.15) is 23.0 Å². The molecule has 0 unspecified atom stereocenters. The van der Waals surface area contributed by atoms with Crippen molar-refractivity contribution in [2.75, 3.05) is 14.2 Å². The number of benzene rings is 2. The van der Waals surface area contributed by atoms with Gasteiger partial charge in [-0.3, -0.25) is 0 Å². The fourth-order valence-electron chi connectivity index (χ4n) is 2.74. The topological polar surface area (TPSA) is 27.7 Å². The summed E-state index contributed by atoms with van der Waals surface area (Å²) in [7, 11) is 3.37. The van der Waals surface area contributed by atoms with Crippen LogP contribution in [0.4, 0.5) is 0 Å². The van der Waals surface area contributed by atoms with Gasteiger partial charge in [0.05, 0.1) is 14.2 Å². The third-order valence-corrected chi connectivity index (χ3v) is 4.21. The highest BCUT2D eigenvalue weighted by atomic mass is 16.5. The van der Waals surface area contributed by atoms with E-state index in [2.05, 4.69) is 53.7 Å². The van der Waals surface area contributed by atoms with E-state index in [0.29, 0.717) is 0 Å². The van der Waals surface area contributed by atoms with Crippen molar-refractivity contribution >= 4 is 0 Å². The van der Waals surface area contributed by atoms with Crippen LogP contribution in [0.25, 0.3) is 0 Å². The smallest absolute Gasteiger partial charge is 0.131 e. The van der Waals surface area contributed by atoms with Crippen LogP contribution < -0.4 is 14.2 Å². The van der Waals surface area contributed by atoms with Gasteiger partial charge >= 0.3 is 0 Å². The highest BCUT2D eigenvalue weighted by Gasteiger charge is 2.24. The van der Waals surface area contributed by atoms with Crippen molar-refractivity contribution in [2.45, 2.75) is 52.4 Å². The first-order chi connectivity index (χ1) is 11.6. The van der Waals surface area contributed by atoms with E-state index in [0.717, 1.165) is 34.1 Å². The molecule has 0 saturated carbocycles. The molecule has 25 heavy (non-hydrogen) atoms. The van der Waals surface area contributed by atoms with Crippen LogP contribution in [0.2, 0.25) is 0 Å². The van der Waals surface area contributed by atoms with Crippen molar-refractivity contribution in [3.8, 4) is 23.0 Å². The molecule has 0 saturated heterocycles. The molecule has 0 spiro atoms. The summed E-state index contributed by atoms with van der Waals surface area (Å²) in [6.07, 6.45) is 0. The summed E-state index contributed by atoms with van der Waals surface area (Å²) < 4.78 is 17.2. The molecule has 3 heteroatoms. The van der Waals surface area contributed by atoms with Crippen molar-refractivity contribution in [1.82, 2.24) is 0 Å². The second kappa shape index (κ2) is 6.99. The van der Waals surface area contributed by atoms with Gasteiger partial charge in [0.15, 0.2) is 0 Å². The summed E-state index contributed by atoms with van der Waals surface area (Å²) in [5.74, 6) is 3.37. The quantitative estimate of drug-likeness (QED) is 0.673. The molecule has 2 aromatic carbocycles. The zero-order valence-electron chi connectivity index (χ0n) is 16.7. The van der Waals surface area contributed by atoms with Crippen LogP contribution >= 0.6 is 0 Å². The molecule has 3 nitrogen and oxygen atoms in total. The molecule has 0 bridgehead atoms. The largest absolute Gasteiger partial charge is 0.497 e. The fraction of sp³-hybridized carbons (Fsp3) is 0.455. The van der Waals surface area contributed by atoms with Gasteiger partial charge < -0.3 is 14.2 Å². The standard InChI is InChI=1S/C22H30O3/c1-21(2,3)17-13-15(23-7)9-11-19(17)25-20-12-10-16(24-8)14-18(20)22(4,5)6/h9-14H,1-8H3. The van der Waals surface area contributed by atoms with Gasteiger partial charge in [-0.1, -0.05) is 41.5 Å². The van der Waals surface area contributed by atoms with Crippen LogP contribution in [0.15, 0.2) is 36.4 Å². The molecule has 0 aliphatic carbocycles. The minimum absolute atomic E-state index is 0.0573. The van der Waals surface area contributed by atoms with Gasteiger partial charge in [-0.25, -0.2) is 0 Å². The Bertz CT molecular complexity index is 670. The molecule has 2 rings (SSSR count). The van der Waals surface area contributed by atoms with Gasteiger partial charge in [0.25, 0.3) is 0 Å². The molecule has 136 valence electrons. The number of ether oxygens (including phenoxy) is 3. The molecule has 0 aromatic heterocycles. The van der Waals surface area contributed by atoms with Gasteiger partial charge in [-0.15, -0.1) is 0 Å². The van der Waals surface area contributed by atoms with E-state index in [4.69, 9.17) is 14.2 Å². The number of hydrogen-bond acceptors (Lipinski definition) is 3. The molecule has 0 radical (unpaired) electrons. The van der Waals surface area contributed by atoms with Gasteiger partial charge in [0, 0.05) is 11.1 Å². The van der Waals surface area contributed by atoms with E-state index in [1.54, 1.807) is 14.2 Å². The normalized spacial score (nSPS) is 12.0. The number of rotatable bonds is 4. The predicted octanol–water partition coefficient (Wildman–Crippen LogP) is 6.09. The molecule has 2 aromatic rings. The van der Waals surface area contributed by atoms with Crippen LogP contribution in [0.1, 0.15) is 52.7 Å². The number of methoxy groups -OCH3 is 2. The lowest BCUT2D eigenvalue weighted by atomic mass is 9.85. The lowest BCUT2D eigenvalue weighted by Gasteiger charge is -2.27. The van der Waals surface area contributed by atoms with Crippen molar-refractivity contribution in [2.24, 2.45) is 0 Å². The van der Waals surface area contributed by atoms with E-state index >= 15 is 0 Å². The summed E-state index contributed by atoms with van der Waals surface area (Å²) >= 11 is 0. The molecule has 0 aliphatic heterocycles. The van der Waals surface area contributed by atoms with Crippen LogP contribution in [-0.4, -0.2) is 14.2 Å². The first-order valence-corrected chi connectivity index (χ1v) is 8.61. The van der Waals surface area contributed by atoms with Crippen molar-refractivity contribution in [3.63, 3.8) is 0 Å². The highest BCUT2D eigenvalue weighted by Crippen LogP contribution is 2.41. The van der Waals surface area contributed by atoms with Crippen molar-refractivity contribution in [1.29, 1.82) is 0 Å². The van der Waals surface area contributed by atoms with Crippen LogP contribution in [0.5, 0.6) is 23.0 Å². The molecular weight excluding hydrogens is 312 g/mol. The average Bonchev–Trinajstić information content (AvgIpc) is 2.53. The Hall–Kier alpha value is -2.16. The first-order valence-electron chi connectivity index (χ1n) is 8.61. The second-order valence-electron chi connectivity index (χ2n) is 8.33. The lowest BCUT2D eigenvalue weighted by molar-refractivity contribution is 0.400. The maximum Gasteiger partial charge on any atom is 0.131 e. The fourth-order valence-corrected chi connectivity index (χ4v) is 2.74. The monoisotopic (exact) mass is 342 g/mol. The Kier molecular flexibility index (Phi) is 5.36. The third-order valence-electron chi connectivity index (χ3n) is 4.21. The van der Waals surface area contributed by atoms with Crippen LogP contribution in [-0.2, 0) is 10.8 Å². The van der Waals surface area contributed by atoms with E-state index in [1.807, 2.05) is 24.3 Å². The number of hydrogen-bond donors (Lipinski definition) is 0. The van der Waals surface area contributed by atoms with Crippen molar-refractivity contribution in [3.05, 3.63) is 47.5 Å². The van der Waals surface area contributed by atoms with Crippen LogP contribution in [0.3, 0.4) is 0 Å². The minimum atomic E-state index is -0.0573. The maximum atomic E-state index is 6.38. The Morgan fingerprint density at radius 3 is 1.24 bits per heavy atom. The molecule has 0 aliphatic rings. The van der Waals surface area contributed by atoms with E-state index in [1.165, 1.54) is 0 Å². The summed E-state index contributed by atoms with van der Waals surface area (Å²) in [6.45, 7) is 13.0.